The Hall–Kier alpha value is -2.33. The minimum atomic E-state index is -0.191. The molecule has 2 aromatic carbocycles. The molecule has 1 atom stereocenters. The van der Waals surface area contributed by atoms with E-state index in [4.69, 9.17) is 4.74 Å². The van der Waals surface area contributed by atoms with Gasteiger partial charge in [0.1, 0.15) is 5.75 Å². The zero-order chi connectivity index (χ0) is 15.4. The second-order valence-corrected chi connectivity index (χ2v) is 5.37. The van der Waals surface area contributed by atoms with Crippen LogP contribution < -0.4 is 10.1 Å². The Kier molecular flexibility index (Phi) is 4.39. The van der Waals surface area contributed by atoms with E-state index in [2.05, 4.69) is 5.32 Å². The summed E-state index contributed by atoms with van der Waals surface area (Å²) < 4.78 is 5.46. The van der Waals surface area contributed by atoms with Gasteiger partial charge in [-0.2, -0.15) is 0 Å². The number of benzene rings is 2. The van der Waals surface area contributed by atoms with Crippen molar-refractivity contribution in [1.29, 1.82) is 0 Å². The molecule has 22 heavy (non-hydrogen) atoms. The van der Waals surface area contributed by atoms with Gasteiger partial charge >= 0.3 is 0 Å². The summed E-state index contributed by atoms with van der Waals surface area (Å²) in [5.41, 5.74) is 2.70. The van der Waals surface area contributed by atoms with Crippen molar-refractivity contribution in [1.82, 2.24) is 5.32 Å². The molecule has 0 fully saturated rings. The summed E-state index contributed by atoms with van der Waals surface area (Å²) >= 11 is 0. The number of rotatable bonds is 5. The highest BCUT2D eigenvalue weighted by Crippen LogP contribution is 2.26. The van der Waals surface area contributed by atoms with E-state index in [0.717, 1.165) is 23.3 Å². The van der Waals surface area contributed by atoms with Crippen LogP contribution in [0.4, 0.5) is 0 Å². The molecular formula is C18H19NO3. The molecule has 1 aliphatic rings. The van der Waals surface area contributed by atoms with E-state index in [-0.39, 0.29) is 18.6 Å². The first kappa shape index (κ1) is 14.6. The lowest BCUT2D eigenvalue weighted by Crippen LogP contribution is -2.29. The second kappa shape index (κ2) is 6.62. The van der Waals surface area contributed by atoms with E-state index in [9.17, 15) is 9.90 Å². The molecule has 114 valence electrons. The van der Waals surface area contributed by atoms with Gasteiger partial charge in [0, 0.05) is 18.6 Å². The quantitative estimate of drug-likeness (QED) is 0.891. The standard InChI is InChI=1S/C18H19NO3/c20-10-8-16(13-4-2-1-3-5-13)19-18(21)15-6-7-17-14(12-15)9-11-22-17/h1-7,12,16,20H,8-11H2,(H,19,21). The molecule has 1 aliphatic heterocycles. The normalized spacial score (nSPS) is 14.0. The number of amides is 1. The lowest BCUT2D eigenvalue weighted by Gasteiger charge is -2.18. The van der Waals surface area contributed by atoms with Crippen molar-refractivity contribution < 1.29 is 14.6 Å². The first-order valence-electron chi connectivity index (χ1n) is 7.50. The Bertz CT molecular complexity index is 655. The number of nitrogens with one attached hydrogen (secondary N) is 1. The zero-order valence-corrected chi connectivity index (χ0v) is 12.3. The van der Waals surface area contributed by atoms with E-state index in [1.54, 1.807) is 6.07 Å². The van der Waals surface area contributed by atoms with Crippen LogP contribution in [0.15, 0.2) is 48.5 Å². The van der Waals surface area contributed by atoms with E-state index in [1.807, 2.05) is 42.5 Å². The molecule has 0 saturated carbocycles. The fourth-order valence-electron chi connectivity index (χ4n) is 2.71. The molecule has 1 unspecified atom stereocenters. The van der Waals surface area contributed by atoms with Crippen LogP contribution in [0.25, 0.3) is 0 Å². The van der Waals surface area contributed by atoms with Crippen molar-refractivity contribution in [3.05, 3.63) is 65.2 Å². The molecule has 0 aliphatic carbocycles. The van der Waals surface area contributed by atoms with Gasteiger partial charge in [0.15, 0.2) is 0 Å². The van der Waals surface area contributed by atoms with Crippen molar-refractivity contribution in [3.63, 3.8) is 0 Å². The maximum absolute atomic E-state index is 12.5. The molecule has 1 amide bonds. The van der Waals surface area contributed by atoms with E-state index in [0.29, 0.717) is 18.6 Å². The van der Waals surface area contributed by atoms with E-state index in [1.165, 1.54) is 0 Å². The van der Waals surface area contributed by atoms with Crippen LogP contribution in [0.5, 0.6) is 5.75 Å². The lowest BCUT2D eigenvalue weighted by atomic mass is 10.0. The fraction of sp³-hybridized carbons (Fsp3) is 0.278. The third kappa shape index (κ3) is 3.12. The molecule has 2 aromatic rings. The monoisotopic (exact) mass is 297 g/mol. The molecule has 0 bridgehead atoms. The predicted octanol–water partition coefficient (Wildman–Crippen LogP) is 2.48. The topological polar surface area (TPSA) is 58.6 Å². The Morgan fingerprint density at radius 2 is 2.05 bits per heavy atom. The number of aliphatic hydroxyl groups is 1. The highest BCUT2D eigenvalue weighted by atomic mass is 16.5. The summed E-state index contributed by atoms with van der Waals surface area (Å²) in [6.45, 7) is 0.704. The molecule has 4 heteroatoms. The first-order valence-corrected chi connectivity index (χ1v) is 7.50. The van der Waals surface area contributed by atoms with Crippen LogP contribution in [0.2, 0.25) is 0 Å². The summed E-state index contributed by atoms with van der Waals surface area (Å²) in [7, 11) is 0. The van der Waals surface area contributed by atoms with Gasteiger partial charge in [-0.1, -0.05) is 30.3 Å². The molecule has 0 radical (unpaired) electrons. The average molecular weight is 297 g/mol. The summed E-state index contributed by atoms with van der Waals surface area (Å²) in [6.07, 6.45) is 1.33. The lowest BCUT2D eigenvalue weighted by molar-refractivity contribution is 0.0930. The summed E-state index contributed by atoms with van der Waals surface area (Å²) in [5, 5.41) is 12.2. The number of hydrogen-bond donors (Lipinski definition) is 2. The van der Waals surface area contributed by atoms with Gasteiger partial charge < -0.3 is 15.2 Å². The summed E-state index contributed by atoms with van der Waals surface area (Å²) in [6, 6.07) is 15.0. The van der Waals surface area contributed by atoms with Crippen molar-refractivity contribution in [3.8, 4) is 5.75 Å². The Balaban J connectivity index is 1.76. The molecule has 2 N–H and O–H groups in total. The van der Waals surface area contributed by atoms with Gasteiger partial charge in [0.2, 0.25) is 0 Å². The van der Waals surface area contributed by atoms with Gasteiger partial charge in [-0.15, -0.1) is 0 Å². The fourth-order valence-corrected chi connectivity index (χ4v) is 2.71. The van der Waals surface area contributed by atoms with Gasteiger partial charge in [0.05, 0.1) is 12.6 Å². The molecule has 4 nitrogen and oxygen atoms in total. The van der Waals surface area contributed by atoms with Gasteiger partial charge in [-0.05, 0) is 35.7 Å². The number of carbonyl (C=O) groups is 1. The van der Waals surface area contributed by atoms with Crippen molar-refractivity contribution in [2.75, 3.05) is 13.2 Å². The SMILES string of the molecule is O=C(NC(CCO)c1ccccc1)c1ccc2c(c1)CCO2. The molecule has 0 saturated heterocycles. The van der Waals surface area contributed by atoms with Gasteiger partial charge in [0.25, 0.3) is 5.91 Å². The molecular weight excluding hydrogens is 278 g/mol. The maximum atomic E-state index is 12.5. The highest BCUT2D eigenvalue weighted by molar-refractivity contribution is 5.94. The van der Waals surface area contributed by atoms with Gasteiger partial charge in [-0.25, -0.2) is 0 Å². The largest absolute Gasteiger partial charge is 0.493 e. The van der Waals surface area contributed by atoms with Crippen LogP contribution >= 0.6 is 0 Å². The van der Waals surface area contributed by atoms with Crippen LogP contribution in [-0.4, -0.2) is 24.2 Å². The van der Waals surface area contributed by atoms with Crippen molar-refractivity contribution in [2.24, 2.45) is 0 Å². The third-order valence-corrected chi connectivity index (χ3v) is 3.88. The zero-order valence-electron chi connectivity index (χ0n) is 12.3. The molecule has 0 aromatic heterocycles. The highest BCUT2D eigenvalue weighted by Gasteiger charge is 2.18. The van der Waals surface area contributed by atoms with E-state index >= 15 is 0 Å². The van der Waals surface area contributed by atoms with Crippen molar-refractivity contribution >= 4 is 5.91 Å². The summed E-state index contributed by atoms with van der Waals surface area (Å²) in [4.78, 5) is 12.5. The molecule has 0 spiro atoms. The predicted molar refractivity (Wildman–Crippen MR) is 84.0 cm³/mol. The molecule has 3 rings (SSSR count). The maximum Gasteiger partial charge on any atom is 0.251 e. The number of aliphatic hydroxyl groups excluding tert-OH is 1. The minimum absolute atomic E-state index is 0.0257. The Labute approximate surface area is 129 Å². The summed E-state index contributed by atoms with van der Waals surface area (Å²) in [5.74, 6) is 0.739. The Morgan fingerprint density at radius 1 is 1.23 bits per heavy atom. The van der Waals surface area contributed by atoms with Crippen molar-refractivity contribution in [2.45, 2.75) is 18.9 Å². The number of carbonyl (C=O) groups excluding carboxylic acids is 1. The third-order valence-electron chi connectivity index (χ3n) is 3.88. The number of ether oxygens (including phenoxy) is 1. The number of hydrogen-bond acceptors (Lipinski definition) is 3. The number of fused-ring (bicyclic) bond motifs is 1. The van der Waals surface area contributed by atoms with Crippen LogP contribution in [-0.2, 0) is 6.42 Å². The smallest absolute Gasteiger partial charge is 0.251 e. The molecule has 1 heterocycles. The average Bonchev–Trinajstić information content (AvgIpc) is 3.02. The second-order valence-electron chi connectivity index (χ2n) is 5.37. The minimum Gasteiger partial charge on any atom is -0.493 e. The van der Waals surface area contributed by atoms with Crippen LogP contribution in [0.3, 0.4) is 0 Å². The first-order chi connectivity index (χ1) is 10.8. The van der Waals surface area contributed by atoms with E-state index < -0.39 is 0 Å². The van der Waals surface area contributed by atoms with Gasteiger partial charge in [-0.3, -0.25) is 4.79 Å². The Morgan fingerprint density at radius 3 is 2.82 bits per heavy atom. The van der Waals surface area contributed by atoms with Crippen LogP contribution in [0, 0.1) is 0 Å². The van der Waals surface area contributed by atoms with Crippen LogP contribution in [0.1, 0.15) is 33.9 Å².